The number of carboxylic acids is 1. The van der Waals surface area contributed by atoms with Crippen molar-refractivity contribution in [3.05, 3.63) is 71.3 Å². The lowest BCUT2D eigenvalue weighted by molar-refractivity contribution is -0.144. The van der Waals surface area contributed by atoms with Gasteiger partial charge in [-0.05, 0) is 41.9 Å². The number of carbonyl (C=O) groups is 1. The van der Waals surface area contributed by atoms with E-state index < -0.39 is 5.97 Å². The molecule has 2 aromatic carbocycles. The maximum absolute atomic E-state index is 12.0. The summed E-state index contributed by atoms with van der Waals surface area (Å²) in [7, 11) is 0. The van der Waals surface area contributed by atoms with Crippen LogP contribution >= 0.6 is 0 Å². The van der Waals surface area contributed by atoms with E-state index in [1.807, 2.05) is 6.07 Å². The molecule has 3 nitrogen and oxygen atoms in total. The third-order valence-electron chi connectivity index (χ3n) is 6.02. The highest BCUT2D eigenvalue weighted by Crippen LogP contribution is 2.49. The van der Waals surface area contributed by atoms with Crippen molar-refractivity contribution in [1.29, 1.82) is 0 Å². The van der Waals surface area contributed by atoms with Crippen LogP contribution < -0.4 is 5.32 Å². The molecule has 3 heteroatoms. The minimum atomic E-state index is -0.672. The van der Waals surface area contributed by atoms with Crippen molar-refractivity contribution in [1.82, 2.24) is 5.32 Å². The molecule has 2 aromatic rings. The second-order valence-electron chi connectivity index (χ2n) is 7.14. The van der Waals surface area contributed by atoms with Gasteiger partial charge in [0.05, 0.1) is 5.92 Å². The second-order valence-corrected chi connectivity index (χ2v) is 7.14. The average Bonchev–Trinajstić information content (AvgIpc) is 3.05. The fourth-order valence-electron chi connectivity index (χ4n) is 4.93. The Balaban J connectivity index is 1.80. The highest BCUT2D eigenvalue weighted by molar-refractivity contribution is 5.74. The largest absolute Gasteiger partial charge is 0.481 e. The van der Waals surface area contributed by atoms with Gasteiger partial charge in [-0.15, -0.1) is 0 Å². The molecule has 2 N–H and O–H groups in total. The Bertz CT molecular complexity index is 743. The molecule has 1 saturated heterocycles. The first-order valence-electron chi connectivity index (χ1n) is 8.77. The maximum Gasteiger partial charge on any atom is 0.308 e. The summed E-state index contributed by atoms with van der Waals surface area (Å²) in [6.45, 7) is 1.33. The smallest absolute Gasteiger partial charge is 0.308 e. The molecule has 0 amide bonds. The number of hydrogen-bond acceptors (Lipinski definition) is 2. The normalized spacial score (nSPS) is 28.7. The van der Waals surface area contributed by atoms with Crippen LogP contribution in [0.25, 0.3) is 0 Å². The van der Waals surface area contributed by atoms with Crippen LogP contribution in [0.5, 0.6) is 0 Å². The highest BCUT2D eigenvalue weighted by Gasteiger charge is 2.54. The van der Waals surface area contributed by atoms with Crippen LogP contribution in [-0.4, -0.2) is 24.2 Å². The van der Waals surface area contributed by atoms with Gasteiger partial charge >= 0.3 is 5.97 Å². The molecule has 1 heterocycles. The Kier molecular flexibility index (Phi) is 3.89. The van der Waals surface area contributed by atoms with Crippen LogP contribution in [-0.2, 0) is 23.1 Å². The summed E-state index contributed by atoms with van der Waals surface area (Å²) in [6, 6.07) is 19.0. The Morgan fingerprint density at radius 1 is 1.12 bits per heavy atom. The SMILES string of the molecule is O=C(O)C1CNC[C@@]12c1ccccc1CCC2Cc1ccccc1. The number of hydrogen-bond donors (Lipinski definition) is 2. The zero-order chi connectivity index (χ0) is 16.6. The molecular formula is C21H23NO2. The van der Waals surface area contributed by atoms with E-state index in [1.54, 1.807) is 0 Å². The van der Waals surface area contributed by atoms with Crippen LogP contribution in [0.2, 0.25) is 0 Å². The summed E-state index contributed by atoms with van der Waals surface area (Å²) in [5.74, 6) is -0.673. The summed E-state index contributed by atoms with van der Waals surface area (Å²) in [5.41, 5.74) is 3.60. The summed E-state index contributed by atoms with van der Waals surface area (Å²) < 4.78 is 0. The van der Waals surface area contributed by atoms with Crippen molar-refractivity contribution in [2.45, 2.75) is 24.7 Å². The molecule has 0 bridgehead atoms. The van der Waals surface area contributed by atoms with Crippen molar-refractivity contribution in [3.8, 4) is 0 Å². The van der Waals surface area contributed by atoms with Gasteiger partial charge in [0, 0.05) is 18.5 Å². The van der Waals surface area contributed by atoms with Gasteiger partial charge < -0.3 is 10.4 Å². The summed E-state index contributed by atoms with van der Waals surface area (Å²) in [4.78, 5) is 12.0. The van der Waals surface area contributed by atoms with Gasteiger partial charge in [-0.25, -0.2) is 0 Å². The van der Waals surface area contributed by atoms with E-state index in [0.29, 0.717) is 12.5 Å². The molecular weight excluding hydrogens is 298 g/mol. The lowest BCUT2D eigenvalue weighted by Crippen LogP contribution is -2.49. The molecule has 0 aromatic heterocycles. The number of nitrogens with one attached hydrogen (secondary N) is 1. The van der Waals surface area contributed by atoms with Gasteiger partial charge in [0.25, 0.3) is 0 Å². The first kappa shape index (κ1) is 15.4. The van der Waals surface area contributed by atoms with E-state index in [-0.39, 0.29) is 11.3 Å². The molecule has 3 atom stereocenters. The van der Waals surface area contributed by atoms with Crippen LogP contribution in [0.15, 0.2) is 54.6 Å². The number of aryl methyl sites for hydroxylation is 1. The van der Waals surface area contributed by atoms with Gasteiger partial charge in [-0.2, -0.15) is 0 Å². The van der Waals surface area contributed by atoms with E-state index in [2.05, 4.69) is 53.8 Å². The lowest BCUT2D eigenvalue weighted by atomic mass is 9.57. The van der Waals surface area contributed by atoms with Gasteiger partial charge in [0.2, 0.25) is 0 Å². The molecule has 124 valence electrons. The third kappa shape index (κ3) is 2.35. The number of rotatable bonds is 3. The van der Waals surface area contributed by atoms with E-state index in [1.165, 1.54) is 16.7 Å². The van der Waals surface area contributed by atoms with Crippen LogP contribution in [0.1, 0.15) is 23.1 Å². The van der Waals surface area contributed by atoms with E-state index in [9.17, 15) is 9.90 Å². The molecule has 4 rings (SSSR count). The molecule has 0 saturated carbocycles. The summed E-state index contributed by atoms with van der Waals surface area (Å²) in [6.07, 6.45) is 3.04. The van der Waals surface area contributed by atoms with Crippen LogP contribution in [0.3, 0.4) is 0 Å². The monoisotopic (exact) mass is 321 g/mol. The van der Waals surface area contributed by atoms with Gasteiger partial charge in [-0.1, -0.05) is 54.6 Å². The first-order valence-corrected chi connectivity index (χ1v) is 8.77. The number of carboxylic acid groups (broad SMARTS) is 1. The lowest BCUT2D eigenvalue weighted by Gasteiger charge is -2.45. The maximum atomic E-state index is 12.0. The predicted octanol–water partition coefficient (Wildman–Crippen LogP) is 3.03. The predicted molar refractivity (Wildman–Crippen MR) is 94.1 cm³/mol. The topological polar surface area (TPSA) is 49.3 Å². The van der Waals surface area contributed by atoms with Crippen molar-refractivity contribution in [3.63, 3.8) is 0 Å². The third-order valence-corrected chi connectivity index (χ3v) is 6.02. The molecule has 24 heavy (non-hydrogen) atoms. The number of fused-ring (bicyclic) bond motifs is 2. The molecule has 1 fully saturated rings. The minimum absolute atomic E-state index is 0.295. The van der Waals surface area contributed by atoms with Gasteiger partial charge in [-0.3, -0.25) is 4.79 Å². The molecule has 1 aliphatic heterocycles. The van der Waals surface area contributed by atoms with E-state index in [4.69, 9.17) is 0 Å². The van der Waals surface area contributed by atoms with Crippen molar-refractivity contribution < 1.29 is 9.90 Å². The standard InChI is InChI=1S/C21H23NO2/c23-20(24)19-13-22-14-21(19)17(12-15-6-2-1-3-7-15)11-10-16-8-4-5-9-18(16)21/h1-9,17,19,22H,10-14H2,(H,23,24)/t17?,19?,21-/m1/s1. The molecule has 2 aliphatic rings. The Labute approximate surface area is 142 Å². The number of benzene rings is 2. The first-order chi connectivity index (χ1) is 11.7. The zero-order valence-corrected chi connectivity index (χ0v) is 13.7. The van der Waals surface area contributed by atoms with Gasteiger partial charge in [0.1, 0.15) is 0 Å². The molecule has 1 spiro atoms. The highest BCUT2D eigenvalue weighted by atomic mass is 16.4. The van der Waals surface area contributed by atoms with Gasteiger partial charge in [0.15, 0.2) is 0 Å². The van der Waals surface area contributed by atoms with Crippen molar-refractivity contribution >= 4 is 5.97 Å². The van der Waals surface area contributed by atoms with E-state index >= 15 is 0 Å². The Morgan fingerprint density at radius 3 is 2.67 bits per heavy atom. The second kappa shape index (κ2) is 6.06. The zero-order valence-electron chi connectivity index (χ0n) is 13.7. The fraction of sp³-hybridized carbons (Fsp3) is 0.381. The average molecular weight is 321 g/mol. The van der Waals surface area contributed by atoms with Crippen molar-refractivity contribution in [2.24, 2.45) is 11.8 Å². The van der Waals surface area contributed by atoms with Crippen molar-refractivity contribution in [2.75, 3.05) is 13.1 Å². The Hall–Kier alpha value is -2.13. The van der Waals surface area contributed by atoms with Crippen LogP contribution in [0.4, 0.5) is 0 Å². The molecule has 1 aliphatic carbocycles. The minimum Gasteiger partial charge on any atom is -0.481 e. The Morgan fingerprint density at radius 2 is 1.88 bits per heavy atom. The van der Waals surface area contributed by atoms with Crippen LogP contribution in [0, 0.1) is 11.8 Å². The summed E-state index contributed by atoms with van der Waals surface area (Å²) in [5, 5.41) is 13.3. The fourth-order valence-corrected chi connectivity index (χ4v) is 4.93. The summed E-state index contributed by atoms with van der Waals surface area (Å²) >= 11 is 0. The van der Waals surface area contributed by atoms with E-state index in [0.717, 1.165) is 25.8 Å². The quantitative estimate of drug-likeness (QED) is 0.913. The molecule has 2 unspecified atom stereocenters. The number of aliphatic carboxylic acids is 1. The molecule has 0 radical (unpaired) electrons.